The lowest BCUT2D eigenvalue weighted by atomic mass is 10.1. The summed E-state index contributed by atoms with van der Waals surface area (Å²) in [5.41, 5.74) is 5.64. The molecular weight excluding hydrogens is 281 g/mol. The van der Waals surface area contributed by atoms with Crippen molar-refractivity contribution in [3.8, 4) is 0 Å². The summed E-state index contributed by atoms with van der Waals surface area (Å²) in [5.74, 6) is -2.93. The van der Waals surface area contributed by atoms with E-state index in [1.165, 1.54) is 0 Å². The Morgan fingerprint density at radius 3 is 2.58 bits per heavy atom. The molecule has 19 heavy (non-hydrogen) atoms. The molecule has 0 bridgehead atoms. The van der Waals surface area contributed by atoms with Crippen LogP contribution in [-0.4, -0.2) is 37.2 Å². The van der Waals surface area contributed by atoms with Gasteiger partial charge in [0.1, 0.15) is 5.82 Å². The monoisotopic (exact) mass is 296 g/mol. The number of hydrogen-bond donors (Lipinski definition) is 1. The summed E-state index contributed by atoms with van der Waals surface area (Å²) >= 11 is 0. The molecule has 0 saturated carbocycles. The third kappa shape index (κ3) is 4.07. The highest BCUT2D eigenvalue weighted by molar-refractivity contribution is 5.85. The number of benzene rings is 1. The van der Waals surface area contributed by atoms with Gasteiger partial charge in [0.25, 0.3) is 0 Å². The molecule has 0 amide bonds. The van der Waals surface area contributed by atoms with Crippen molar-refractivity contribution < 1.29 is 17.9 Å². The Labute approximate surface area is 115 Å². The summed E-state index contributed by atoms with van der Waals surface area (Å²) in [6.45, 7) is 2.30. The Morgan fingerprint density at radius 1 is 1.21 bits per heavy atom. The lowest BCUT2D eigenvalue weighted by Crippen LogP contribution is -2.45. The lowest BCUT2D eigenvalue weighted by molar-refractivity contribution is -0.0263. The minimum atomic E-state index is -1.17. The molecule has 1 heterocycles. The molecule has 2 N–H and O–H groups in total. The van der Waals surface area contributed by atoms with Crippen LogP contribution in [0.4, 0.5) is 13.2 Å². The standard InChI is InChI=1S/C12H15F3N2O.ClH/c13-10-4-12(15)11(14)3-8(10)6-17-1-2-18-9(5-16)7-17;/h3-4,9H,1-2,5-7,16H2;1H. The number of morpholine rings is 1. The van der Waals surface area contributed by atoms with Crippen LogP contribution in [0.2, 0.25) is 0 Å². The van der Waals surface area contributed by atoms with Crippen LogP contribution in [0.3, 0.4) is 0 Å². The highest BCUT2D eigenvalue weighted by atomic mass is 35.5. The first kappa shape index (κ1) is 16.2. The topological polar surface area (TPSA) is 38.5 Å². The molecule has 1 fully saturated rings. The Balaban J connectivity index is 0.00000180. The Morgan fingerprint density at radius 2 is 1.89 bits per heavy atom. The number of ether oxygens (including phenoxy) is 1. The van der Waals surface area contributed by atoms with Crippen molar-refractivity contribution in [2.75, 3.05) is 26.2 Å². The van der Waals surface area contributed by atoms with Gasteiger partial charge in [-0.25, -0.2) is 13.2 Å². The molecule has 1 aromatic rings. The minimum Gasteiger partial charge on any atom is -0.374 e. The molecule has 1 unspecified atom stereocenters. The summed E-state index contributed by atoms with van der Waals surface area (Å²) in [5, 5.41) is 0. The van der Waals surface area contributed by atoms with Gasteiger partial charge in [-0.1, -0.05) is 0 Å². The molecule has 108 valence electrons. The van der Waals surface area contributed by atoms with Gasteiger partial charge < -0.3 is 10.5 Å². The molecule has 1 aliphatic heterocycles. The maximum atomic E-state index is 13.5. The predicted octanol–water partition coefficient (Wildman–Crippen LogP) is 1.69. The van der Waals surface area contributed by atoms with E-state index >= 15 is 0 Å². The number of halogens is 4. The summed E-state index contributed by atoms with van der Waals surface area (Å²) < 4.78 is 44.7. The van der Waals surface area contributed by atoms with Gasteiger partial charge in [0.05, 0.1) is 12.7 Å². The van der Waals surface area contributed by atoms with Gasteiger partial charge in [-0.3, -0.25) is 4.90 Å². The average Bonchev–Trinajstić information content (AvgIpc) is 2.36. The highest BCUT2D eigenvalue weighted by Crippen LogP contribution is 2.17. The fourth-order valence-electron chi connectivity index (χ4n) is 1.99. The van der Waals surface area contributed by atoms with E-state index in [9.17, 15) is 13.2 Å². The van der Waals surface area contributed by atoms with Crippen molar-refractivity contribution in [3.05, 3.63) is 35.1 Å². The van der Waals surface area contributed by atoms with Crippen LogP contribution >= 0.6 is 12.4 Å². The second-order valence-electron chi connectivity index (χ2n) is 4.32. The van der Waals surface area contributed by atoms with E-state index in [0.717, 1.165) is 6.07 Å². The van der Waals surface area contributed by atoms with E-state index in [0.29, 0.717) is 32.3 Å². The third-order valence-corrected chi connectivity index (χ3v) is 2.97. The quantitative estimate of drug-likeness (QED) is 0.863. The number of nitrogens with two attached hydrogens (primary N) is 1. The van der Waals surface area contributed by atoms with Crippen molar-refractivity contribution in [2.45, 2.75) is 12.6 Å². The summed E-state index contributed by atoms with van der Waals surface area (Å²) in [6.07, 6.45) is -0.0906. The lowest BCUT2D eigenvalue weighted by Gasteiger charge is -2.32. The summed E-state index contributed by atoms with van der Waals surface area (Å²) in [4.78, 5) is 1.91. The van der Waals surface area contributed by atoms with Crippen molar-refractivity contribution in [2.24, 2.45) is 5.73 Å². The van der Waals surface area contributed by atoms with Crippen LogP contribution in [0.15, 0.2) is 12.1 Å². The van der Waals surface area contributed by atoms with E-state index in [1.807, 2.05) is 4.90 Å². The molecule has 0 aliphatic carbocycles. The maximum absolute atomic E-state index is 13.5. The number of rotatable bonds is 3. The fraction of sp³-hybridized carbons (Fsp3) is 0.500. The van der Waals surface area contributed by atoms with Crippen LogP contribution in [0.1, 0.15) is 5.56 Å². The summed E-state index contributed by atoms with van der Waals surface area (Å²) in [6, 6.07) is 1.48. The van der Waals surface area contributed by atoms with Gasteiger partial charge in [0.15, 0.2) is 11.6 Å². The molecular formula is C12H16ClF3N2O. The van der Waals surface area contributed by atoms with Crippen molar-refractivity contribution >= 4 is 12.4 Å². The van der Waals surface area contributed by atoms with E-state index in [1.54, 1.807) is 0 Å². The molecule has 0 radical (unpaired) electrons. The zero-order chi connectivity index (χ0) is 13.1. The van der Waals surface area contributed by atoms with Gasteiger partial charge in [0.2, 0.25) is 0 Å². The van der Waals surface area contributed by atoms with Gasteiger partial charge >= 0.3 is 0 Å². The van der Waals surface area contributed by atoms with Crippen molar-refractivity contribution in [3.63, 3.8) is 0 Å². The predicted molar refractivity (Wildman–Crippen MR) is 67.6 cm³/mol. The summed E-state index contributed by atoms with van der Waals surface area (Å²) in [7, 11) is 0. The smallest absolute Gasteiger partial charge is 0.161 e. The van der Waals surface area contributed by atoms with Crippen LogP contribution in [0.25, 0.3) is 0 Å². The number of nitrogens with zero attached hydrogens (tertiary/aromatic N) is 1. The number of hydrogen-bond acceptors (Lipinski definition) is 3. The first-order valence-corrected chi connectivity index (χ1v) is 5.77. The van der Waals surface area contributed by atoms with Gasteiger partial charge in [0, 0.05) is 37.8 Å². The normalized spacial score (nSPS) is 20.1. The van der Waals surface area contributed by atoms with E-state index in [-0.39, 0.29) is 30.6 Å². The fourth-order valence-corrected chi connectivity index (χ4v) is 1.99. The van der Waals surface area contributed by atoms with Gasteiger partial charge in [-0.2, -0.15) is 0 Å². The van der Waals surface area contributed by atoms with Crippen LogP contribution in [0.5, 0.6) is 0 Å². The van der Waals surface area contributed by atoms with Gasteiger partial charge in [-0.05, 0) is 6.07 Å². The molecule has 2 rings (SSSR count). The Hall–Kier alpha value is -0.820. The van der Waals surface area contributed by atoms with E-state index < -0.39 is 17.5 Å². The molecule has 0 aromatic heterocycles. The first-order chi connectivity index (χ1) is 8.60. The molecule has 0 spiro atoms. The van der Waals surface area contributed by atoms with Crippen LogP contribution in [0, 0.1) is 17.5 Å². The Bertz CT molecular complexity index is 434. The van der Waals surface area contributed by atoms with E-state index in [4.69, 9.17) is 10.5 Å². The zero-order valence-corrected chi connectivity index (χ0v) is 11.1. The van der Waals surface area contributed by atoms with Crippen LogP contribution in [-0.2, 0) is 11.3 Å². The second kappa shape index (κ2) is 7.09. The minimum absolute atomic E-state index is 0. The zero-order valence-electron chi connectivity index (χ0n) is 10.2. The molecule has 7 heteroatoms. The second-order valence-corrected chi connectivity index (χ2v) is 4.32. The molecule has 3 nitrogen and oxygen atoms in total. The average molecular weight is 297 g/mol. The third-order valence-electron chi connectivity index (χ3n) is 2.97. The molecule has 1 aliphatic rings. The SMILES string of the molecule is Cl.NCC1CN(Cc2cc(F)c(F)cc2F)CCO1. The van der Waals surface area contributed by atoms with E-state index in [2.05, 4.69) is 0 Å². The van der Waals surface area contributed by atoms with Crippen LogP contribution < -0.4 is 5.73 Å². The Kier molecular flexibility index (Phi) is 6.06. The molecule has 1 atom stereocenters. The van der Waals surface area contributed by atoms with Crippen molar-refractivity contribution in [1.29, 1.82) is 0 Å². The molecule has 1 saturated heterocycles. The van der Waals surface area contributed by atoms with Crippen molar-refractivity contribution in [1.82, 2.24) is 4.90 Å². The van der Waals surface area contributed by atoms with Gasteiger partial charge in [-0.15, -0.1) is 12.4 Å². The largest absolute Gasteiger partial charge is 0.374 e. The highest BCUT2D eigenvalue weighted by Gasteiger charge is 2.21. The maximum Gasteiger partial charge on any atom is 0.161 e. The molecule has 1 aromatic carbocycles. The first-order valence-electron chi connectivity index (χ1n) is 5.77.